The number of hydrogen-bond donors (Lipinski definition) is 2. The molecule has 0 unspecified atom stereocenters. The predicted octanol–water partition coefficient (Wildman–Crippen LogP) is 4.89. The molecule has 0 radical (unpaired) electrons. The van der Waals surface area contributed by atoms with Crippen molar-refractivity contribution in [3.8, 4) is 0 Å². The Morgan fingerprint density at radius 3 is 2.50 bits per heavy atom. The van der Waals surface area contributed by atoms with Gasteiger partial charge in [-0.1, -0.05) is 29.9 Å². The monoisotopic (exact) mass is 569 g/mol. The van der Waals surface area contributed by atoms with Gasteiger partial charge in [0.15, 0.2) is 10.9 Å². The van der Waals surface area contributed by atoms with Gasteiger partial charge in [0.05, 0.1) is 16.6 Å². The number of aromatic nitrogens is 1. The molecule has 1 aromatic carbocycles. The normalized spacial score (nSPS) is 23.9. The van der Waals surface area contributed by atoms with E-state index in [1.165, 1.54) is 30.4 Å². The van der Waals surface area contributed by atoms with Crippen LogP contribution in [-0.4, -0.2) is 71.3 Å². The molecule has 3 fully saturated rings. The summed E-state index contributed by atoms with van der Waals surface area (Å²) in [6.45, 7) is 7.35. The van der Waals surface area contributed by atoms with Gasteiger partial charge >= 0.3 is 6.03 Å². The van der Waals surface area contributed by atoms with Gasteiger partial charge in [-0.2, -0.15) is 0 Å². The van der Waals surface area contributed by atoms with Crippen LogP contribution in [0.1, 0.15) is 66.4 Å². The number of urea groups is 1. The van der Waals surface area contributed by atoms with E-state index in [-0.39, 0.29) is 41.4 Å². The highest BCUT2D eigenvalue weighted by molar-refractivity contribution is 7.17. The van der Waals surface area contributed by atoms with Crippen LogP contribution < -0.4 is 10.6 Å². The zero-order valence-electron chi connectivity index (χ0n) is 23.5. The van der Waals surface area contributed by atoms with Crippen LogP contribution >= 0.6 is 11.3 Å². The Bertz CT molecular complexity index is 1210. The van der Waals surface area contributed by atoms with Gasteiger partial charge in [0.2, 0.25) is 5.91 Å². The molecule has 2 N–H and O–H groups in total. The van der Waals surface area contributed by atoms with Gasteiger partial charge in [0.25, 0.3) is 0 Å². The molecule has 2 aliphatic heterocycles. The SMILES string of the molecule is CC(=O)c1sc(NC(=O)N[C@H]2CN(C(=O)C3CCC3)CC[C@H]2CN2CCC[C@@H](Cc3ccc(F)cc3)C2)nc1C. The second-order valence-corrected chi connectivity index (χ2v) is 12.8. The van der Waals surface area contributed by atoms with E-state index >= 15 is 0 Å². The van der Waals surface area contributed by atoms with Crippen LogP contribution in [0.5, 0.6) is 0 Å². The first-order valence-electron chi connectivity index (χ1n) is 14.6. The van der Waals surface area contributed by atoms with Crippen molar-refractivity contribution in [3.63, 3.8) is 0 Å². The van der Waals surface area contributed by atoms with E-state index in [1.54, 1.807) is 6.92 Å². The Hall–Kier alpha value is -2.85. The minimum Gasteiger partial charge on any atom is -0.340 e. The van der Waals surface area contributed by atoms with Crippen molar-refractivity contribution in [2.45, 2.75) is 64.8 Å². The summed E-state index contributed by atoms with van der Waals surface area (Å²) < 4.78 is 13.3. The molecule has 40 heavy (non-hydrogen) atoms. The third kappa shape index (κ3) is 7.07. The Labute approximate surface area is 239 Å². The Morgan fingerprint density at radius 2 is 1.82 bits per heavy atom. The summed E-state index contributed by atoms with van der Waals surface area (Å²) in [5.74, 6) is 0.798. The summed E-state index contributed by atoms with van der Waals surface area (Å²) in [6, 6.07) is 6.29. The number of thiazole rings is 1. The molecule has 2 saturated heterocycles. The van der Waals surface area contributed by atoms with Crippen LogP contribution in [0, 0.1) is 30.5 Å². The standard InChI is InChI=1S/C30H40FN5O3S/c1-19-27(20(2)37)40-30(32-19)34-29(39)33-26-18-36(28(38)23-6-3-7-23)14-12-24(26)17-35-13-4-5-22(16-35)15-21-8-10-25(31)11-9-21/h8-11,22-24,26H,3-7,12-18H2,1-2H3,(H2,32,33,34,39)/t22-,24-,26-/m0/s1. The fraction of sp³-hybridized carbons (Fsp3) is 0.600. The van der Waals surface area contributed by atoms with E-state index in [1.807, 2.05) is 17.0 Å². The van der Waals surface area contributed by atoms with Gasteiger partial charge in [-0.3, -0.25) is 14.9 Å². The van der Waals surface area contributed by atoms with Crippen LogP contribution in [0.15, 0.2) is 24.3 Å². The topological polar surface area (TPSA) is 94.6 Å². The molecule has 216 valence electrons. The minimum absolute atomic E-state index is 0.0692. The predicted molar refractivity (Wildman–Crippen MR) is 154 cm³/mol. The summed E-state index contributed by atoms with van der Waals surface area (Å²) in [6.07, 6.45) is 7.08. The van der Waals surface area contributed by atoms with Crippen molar-refractivity contribution >= 4 is 34.2 Å². The maximum atomic E-state index is 13.3. The first kappa shape index (κ1) is 28.7. The van der Waals surface area contributed by atoms with E-state index in [0.29, 0.717) is 28.2 Å². The Kier molecular flexibility index (Phi) is 9.15. The number of rotatable bonds is 8. The van der Waals surface area contributed by atoms with E-state index in [9.17, 15) is 18.8 Å². The average Bonchev–Trinajstić information content (AvgIpc) is 3.25. The first-order valence-corrected chi connectivity index (χ1v) is 15.4. The number of Topliss-reactive ketones (excluding diaryl/α,β-unsaturated/α-hetero) is 1. The van der Waals surface area contributed by atoms with Crippen molar-refractivity contribution in [3.05, 3.63) is 46.2 Å². The molecule has 0 spiro atoms. The van der Waals surface area contributed by atoms with Gasteiger partial charge < -0.3 is 15.1 Å². The maximum Gasteiger partial charge on any atom is 0.321 e. The van der Waals surface area contributed by atoms with Gasteiger partial charge in [0, 0.05) is 39.0 Å². The Balaban J connectivity index is 1.23. The van der Waals surface area contributed by atoms with Crippen LogP contribution in [0.25, 0.3) is 0 Å². The minimum atomic E-state index is -0.357. The summed E-state index contributed by atoms with van der Waals surface area (Å²) in [4.78, 5) is 47.3. The lowest BCUT2D eigenvalue weighted by Crippen LogP contribution is -2.58. The summed E-state index contributed by atoms with van der Waals surface area (Å²) in [5.41, 5.74) is 1.78. The van der Waals surface area contributed by atoms with Crippen molar-refractivity contribution in [1.29, 1.82) is 0 Å². The highest BCUT2D eigenvalue weighted by Gasteiger charge is 2.37. The highest BCUT2D eigenvalue weighted by Crippen LogP contribution is 2.31. The summed E-state index contributed by atoms with van der Waals surface area (Å²) in [5, 5.41) is 6.37. The van der Waals surface area contributed by atoms with Crippen molar-refractivity contribution in [2.75, 3.05) is 38.0 Å². The molecule has 10 heteroatoms. The highest BCUT2D eigenvalue weighted by atomic mass is 32.1. The smallest absolute Gasteiger partial charge is 0.321 e. The number of amides is 3. The van der Waals surface area contributed by atoms with Crippen LogP contribution in [0.2, 0.25) is 0 Å². The number of likely N-dealkylation sites (tertiary alicyclic amines) is 2. The lowest BCUT2D eigenvalue weighted by atomic mass is 9.82. The fourth-order valence-electron chi connectivity index (χ4n) is 6.34. The van der Waals surface area contributed by atoms with Gasteiger partial charge in [0.1, 0.15) is 5.82 Å². The quantitative estimate of drug-likeness (QED) is 0.442. The lowest BCUT2D eigenvalue weighted by Gasteiger charge is -2.44. The second-order valence-electron chi connectivity index (χ2n) is 11.8. The zero-order chi connectivity index (χ0) is 28.2. The number of anilines is 1. The number of ketones is 1. The van der Waals surface area contributed by atoms with E-state index in [2.05, 4.69) is 20.5 Å². The summed E-state index contributed by atoms with van der Waals surface area (Å²) in [7, 11) is 0. The maximum absolute atomic E-state index is 13.3. The molecule has 3 atom stereocenters. The zero-order valence-corrected chi connectivity index (χ0v) is 24.3. The van der Waals surface area contributed by atoms with Crippen LogP contribution in [0.4, 0.5) is 14.3 Å². The number of carbonyl (C=O) groups excluding carboxylic acids is 3. The number of carbonyl (C=O) groups is 3. The third-order valence-corrected chi connectivity index (χ3v) is 9.88. The number of nitrogens with zero attached hydrogens (tertiary/aromatic N) is 3. The molecule has 1 aliphatic carbocycles. The average molecular weight is 570 g/mol. The van der Waals surface area contributed by atoms with Crippen molar-refractivity contribution < 1.29 is 18.8 Å². The van der Waals surface area contributed by atoms with Crippen LogP contribution in [0.3, 0.4) is 0 Å². The first-order chi connectivity index (χ1) is 19.2. The Morgan fingerprint density at radius 1 is 1.05 bits per heavy atom. The number of nitrogens with one attached hydrogen (secondary N) is 2. The summed E-state index contributed by atoms with van der Waals surface area (Å²) >= 11 is 1.18. The molecule has 3 heterocycles. The number of piperidine rings is 2. The van der Waals surface area contributed by atoms with Gasteiger partial charge in [-0.05, 0) is 81.5 Å². The molecule has 3 aliphatic rings. The van der Waals surface area contributed by atoms with Crippen molar-refractivity contribution in [1.82, 2.24) is 20.1 Å². The number of halogens is 1. The van der Waals surface area contributed by atoms with E-state index in [0.717, 1.165) is 76.7 Å². The molecule has 3 amide bonds. The largest absolute Gasteiger partial charge is 0.340 e. The third-order valence-electron chi connectivity index (χ3n) is 8.71. The number of hydrogen-bond acceptors (Lipinski definition) is 6. The van der Waals surface area contributed by atoms with Gasteiger partial charge in [-0.15, -0.1) is 0 Å². The fourth-order valence-corrected chi connectivity index (χ4v) is 7.20. The molecule has 0 bridgehead atoms. The molecular weight excluding hydrogens is 529 g/mol. The molecule has 1 saturated carbocycles. The number of aryl methyl sites for hydroxylation is 1. The van der Waals surface area contributed by atoms with E-state index in [4.69, 9.17) is 0 Å². The van der Waals surface area contributed by atoms with Crippen molar-refractivity contribution in [2.24, 2.45) is 17.8 Å². The second kappa shape index (κ2) is 12.8. The number of benzene rings is 1. The molecule has 8 nitrogen and oxygen atoms in total. The van der Waals surface area contributed by atoms with Crippen LogP contribution in [-0.2, 0) is 11.2 Å². The van der Waals surface area contributed by atoms with E-state index < -0.39 is 0 Å². The molecule has 1 aromatic heterocycles. The van der Waals surface area contributed by atoms with Gasteiger partial charge in [-0.25, -0.2) is 14.2 Å². The molecular formula is C30H40FN5O3S. The lowest BCUT2D eigenvalue weighted by molar-refractivity contribution is -0.140. The molecule has 5 rings (SSSR count). The molecule has 2 aromatic rings.